The topological polar surface area (TPSA) is 336 Å². The molecular weight excluding hydrogens is 901 g/mol. The lowest BCUT2D eigenvalue weighted by molar-refractivity contribution is -0.339. The predicted octanol–water partition coefficient (Wildman–Crippen LogP) is 0.394. The van der Waals surface area contributed by atoms with Crippen molar-refractivity contribution in [2.75, 3.05) is 27.6 Å². The van der Waals surface area contributed by atoms with Gasteiger partial charge in [0.05, 0.1) is 48.0 Å². The summed E-state index contributed by atoms with van der Waals surface area (Å²) in [5.41, 5.74) is -4.40. The first kappa shape index (κ1) is 50.1. The first-order valence-electron chi connectivity index (χ1n) is 21.5. The lowest BCUT2D eigenvalue weighted by Crippen LogP contribution is -2.65. The average molecular weight is 955 g/mol. The largest absolute Gasteiger partial charge is 0.507 e. The fraction of sp³-hybridized carbons (Fsp3) is 0.500. The second-order valence-corrected chi connectivity index (χ2v) is 18.0. The van der Waals surface area contributed by atoms with Gasteiger partial charge in [0.2, 0.25) is 6.79 Å². The summed E-state index contributed by atoms with van der Waals surface area (Å²) < 4.78 is 39.1. The van der Waals surface area contributed by atoms with E-state index in [9.17, 15) is 64.8 Å². The van der Waals surface area contributed by atoms with E-state index in [1.807, 2.05) is 0 Å². The van der Waals surface area contributed by atoms with E-state index in [1.54, 1.807) is 27.7 Å². The number of aryl methyl sites for hydroxylation is 1. The molecule has 12 atom stereocenters. The van der Waals surface area contributed by atoms with Crippen LogP contribution in [0.1, 0.15) is 106 Å². The number of phenols is 3. The number of aromatic hydroxyl groups is 3. The van der Waals surface area contributed by atoms with Gasteiger partial charge >= 0.3 is 11.9 Å². The number of nitrogens with one attached hydrogen (secondary N) is 2. The number of methoxy groups -OCH3 is 1. The van der Waals surface area contributed by atoms with Gasteiger partial charge in [-0.15, -0.1) is 0 Å². The van der Waals surface area contributed by atoms with Crippen LogP contribution in [0.4, 0.5) is 0 Å². The molecule has 0 aromatic heterocycles. The number of aliphatic hydroxyl groups is 5. The van der Waals surface area contributed by atoms with E-state index in [0.29, 0.717) is 0 Å². The maximum Gasteiger partial charge on any atom is 0.331 e. The SMILES string of the molecule is CNC1C(C)OC(O[C@H]2c3cc(C)c(C(=O)N[C@H](C)C(=O)OCOC(=O)C(C)(C)C)c(O)c3-c3c(cc4c(c3O)C(=O)c3cc(OC)cc(O)c3C4=O)[C@@H]2O)C(O)C1OC1OCC(O)C(O)C1O. The van der Waals surface area contributed by atoms with Crippen molar-refractivity contribution >= 4 is 29.4 Å². The standard InChI is InChI=1S/C46H54N2O20/c1-15-9-22-28(35(55)25(15)41(59)48-16(2)42(60)64-14-65-45(61)46(4,5)6)27-20(12-21-29(36(27)56)32(52)19-10-18(62-8)11-23(49)26(19)31(21)51)33(53)39(22)67-44-38(58)40(30(47-7)17(3)66-44)68-43-37(57)34(54)24(50)13-63-43/h9-12,16-17,24,30,33-34,37-40,43-44,47,49-50,53-58H,13-14H2,1-8H3,(H,48,59)/t16-,17?,24?,30?,33+,34?,37?,38?,39+,40?,43?,44?/m1/s1. The Kier molecular flexibility index (Phi) is 14.0. The van der Waals surface area contributed by atoms with Gasteiger partial charge in [0, 0.05) is 28.3 Å². The molecule has 1 amide bonds. The molecule has 3 aromatic rings. The number of ketones is 2. The summed E-state index contributed by atoms with van der Waals surface area (Å²) in [4.78, 5) is 67.5. The average Bonchev–Trinajstić information content (AvgIpc) is 3.27. The van der Waals surface area contributed by atoms with Gasteiger partial charge < -0.3 is 84.6 Å². The van der Waals surface area contributed by atoms with Crippen LogP contribution in [0.2, 0.25) is 0 Å². The first-order chi connectivity index (χ1) is 31.9. The molecule has 0 bridgehead atoms. The number of hydrogen-bond donors (Lipinski definition) is 10. The van der Waals surface area contributed by atoms with Crippen LogP contribution in [-0.4, -0.2) is 159 Å². The Morgan fingerprint density at radius 1 is 0.824 bits per heavy atom. The fourth-order valence-corrected chi connectivity index (χ4v) is 8.78. The van der Waals surface area contributed by atoms with Crippen LogP contribution in [-0.2, 0) is 38.0 Å². The number of aliphatic hydroxyl groups excluding tert-OH is 5. The first-order valence-corrected chi connectivity index (χ1v) is 21.5. The Morgan fingerprint density at radius 2 is 1.47 bits per heavy atom. The zero-order valence-corrected chi connectivity index (χ0v) is 38.1. The smallest absolute Gasteiger partial charge is 0.331 e. The van der Waals surface area contributed by atoms with E-state index >= 15 is 0 Å². The van der Waals surface area contributed by atoms with E-state index < -0.39 is 167 Å². The third-order valence-electron chi connectivity index (χ3n) is 12.4. The molecular formula is C46H54N2O20. The van der Waals surface area contributed by atoms with Crippen molar-refractivity contribution in [2.45, 2.75) is 115 Å². The third kappa shape index (κ3) is 8.76. The van der Waals surface area contributed by atoms with Crippen molar-refractivity contribution < 1.29 is 98.0 Å². The zero-order valence-electron chi connectivity index (χ0n) is 38.1. The van der Waals surface area contributed by atoms with Crippen molar-refractivity contribution in [1.29, 1.82) is 0 Å². The number of phenolic OH excluding ortho intramolecular Hbond substituents is 3. The van der Waals surface area contributed by atoms with Gasteiger partial charge in [-0.05, 0) is 77.4 Å². The molecule has 68 heavy (non-hydrogen) atoms. The summed E-state index contributed by atoms with van der Waals surface area (Å²) in [5, 5.41) is 95.9. The van der Waals surface area contributed by atoms with Gasteiger partial charge in [-0.1, -0.05) is 6.07 Å². The molecule has 2 saturated heterocycles. The Bertz CT molecular complexity index is 2540. The highest BCUT2D eigenvalue weighted by atomic mass is 16.7. The Morgan fingerprint density at radius 3 is 2.12 bits per heavy atom. The van der Waals surface area contributed by atoms with Gasteiger partial charge in [0.1, 0.15) is 71.8 Å². The van der Waals surface area contributed by atoms with Crippen molar-refractivity contribution in [2.24, 2.45) is 5.41 Å². The number of amides is 1. The van der Waals surface area contributed by atoms with Crippen molar-refractivity contribution in [1.82, 2.24) is 10.6 Å². The summed E-state index contributed by atoms with van der Waals surface area (Å²) in [7, 11) is 2.80. The van der Waals surface area contributed by atoms with E-state index in [1.165, 1.54) is 40.1 Å². The summed E-state index contributed by atoms with van der Waals surface area (Å²) in [6.45, 7) is 7.84. The molecule has 3 aromatic carbocycles. The number of benzene rings is 3. The van der Waals surface area contributed by atoms with Gasteiger partial charge in [0.15, 0.2) is 24.1 Å². The number of ether oxygens (including phenoxy) is 7. The summed E-state index contributed by atoms with van der Waals surface area (Å²) in [5.74, 6) is -7.00. The van der Waals surface area contributed by atoms with Gasteiger partial charge in [0.25, 0.3) is 5.91 Å². The highest BCUT2D eigenvalue weighted by Gasteiger charge is 2.51. The monoisotopic (exact) mass is 954 g/mol. The lowest BCUT2D eigenvalue weighted by atomic mass is 9.74. The Labute approximate surface area is 388 Å². The number of fused-ring (bicyclic) bond motifs is 5. The maximum absolute atomic E-state index is 14.2. The molecule has 368 valence electrons. The third-order valence-corrected chi connectivity index (χ3v) is 12.4. The van der Waals surface area contributed by atoms with E-state index in [0.717, 1.165) is 12.1 Å². The quantitative estimate of drug-likeness (QED) is 0.0718. The van der Waals surface area contributed by atoms with Crippen LogP contribution in [0.3, 0.4) is 0 Å². The zero-order chi connectivity index (χ0) is 50.0. The van der Waals surface area contributed by atoms with Crippen molar-refractivity contribution in [3.8, 4) is 34.1 Å². The Balaban J connectivity index is 1.31. The molecule has 0 radical (unpaired) electrons. The molecule has 2 aliphatic heterocycles. The lowest BCUT2D eigenvalue weighted by Gasteiger charge is -2.47. The number of carbonyl (C=O) groups excluding carboxylic acids is 5. The molecule has 0 spiro atoms. The second-order valence-electron chi connectivity index (χ2n) is 18.0. The number of likely N-dealkylation sites (N-methyl/N-ethyl adjacent to an activating group) is 1. The van der Waals surface area contributed by atoms with Crippen LogP contribution < -0.4 is 15.4 Å². The predicted molar refractivity (Wildman–Crippen MR) is 230 cm³/mol. The van der Waals surface area contributed by atoms with Crippen LogP contribution in [0.15, 0.2) is 24.3 Å². The van der Waals surface area contributed by atoms with Crippen LogP contribution in [0.5, 0.6) is 23.0 Å². The number of esters is 2. The Hall–Kier alpha value is -5.79. The highest BCUT2D eigenvalue weighted by molar-refractivity contribution is 6.31. The molecule has 0 saturated carbocycles. The van der Waals surface area contributed by atoms with Crippen molar-refractivity contribution in [3.63, 3.8) is 0 Å². The second kappa shape index (κ2) is 19.0. The number of carbonyl (C=O) groups is 5. The van der Waals surface area contributed by atoms with Crippen molar-refractivity contribution in [3.05, 3.63) is 68.8 Å². The summed E-state index contributed by atoms with van der Waals surface area (Å²) >= 11 is 0. The van der Waals surface area contributed by atoms with E-state index in [-0.39, 0.29) is 33.6 Å². The van der Waals surface area contributed by atoms with Gasteiger partial charge in [-0.25, -0.2) is 4.79 Å². The highest BCUT2D eigenvalue weighted by Crippen LogP contribution is 2.57. The van der Waals surface area contributed by atoms with Crippen LogP contribution in [0, 0.1) is 12.3 Å². The summed E-state index contributed by atoms with van der Waals surface area (Å²) in [6, 6.07) is 2.44. The minimum atomic E-state index is -1.92. The van der Waals surface area contributed by atoms with Crippen LogP contribution in [0.25, 0.3) is 11.1 Å². The van der Waals surface area contributed by atoms with Gasteiger partial charge in [-0.3, -0.25) is 19.2 Å². The molecule has 4 aliphatic rings. The van der Waals surface area contributed by atoms with E-state index in [4.69, 9.17) is 33.2 Å². The molecule has 22 heteroatoms. The molecule has 7 rings (SSSR count). The van der Waals surface area contributed by atoms with E-state index in [2.05, 4.69) is 10.6 Å². The number of hydrogen-bond acceptors (Lipinski definition) is 21. The minimum Gasteiger partial charge on any atom is -0.507 e. The fourth-order valence-electron chi connectivity index (χ4n) is 8.78. The maximum atomic E-state index is 14.2. The molecule has 22 nitrogen and oxygen atoms in total. The molecule has 9 unspecified atom stereocenters. The van der Waals surface area contributed by atoms with Gasteiger partial charge in [-0.2, -0.15) is 0 Å². The summed E-state index contributed by atoms with van der Waals surface area (Å²) in [6.07, 6.45) is -15.7. The molecule has 2 fully saturated rings. The minimum absolute atomic E-state index is 0.00538. The normalized spacial score (nSPS) is 28.0. The molecule has 2 aliphatic carbocycles. The molecule has 2 heterocycles. The number of rotatable bonds is 11. The molecule has 10 N–H and O–H groups in total. The van der Waals surface area contributed by atoms with Crippen LogP contribution >= 0.6 is 0 Å².